The first-order valence-corrected chi connectivity index (χ1v) is 22.4. The van der Waals surface area contributed by atoms with Crippen LogP contribution in [0.15, 0.2) is 12.1 Å². The minimum Gasteiger partial charge on any atom is -0.410 e. The van der Waals surface area contributed by atoms with Gasteiger partial charge in [0.25, 0.3) is 0 Å². The van der Waals surface area contributed by atoms with Gasteiger partial charge < -0.3 is 19.5 Å². The van der Waals surface area contributed by atoms with Crippen molar-refractivity contribution in [3.8, 4) is 17.3 Å². The van der Waals surface area contributed by atoms with Gasteiger partial charge in [0.1, 0.15) is 30.4 Å². The molecule has 9 nitrogen and oxygen atoms in total. The highest BCUT2D eigenvalue weighted by Gasteiger charge is 2.54. The summed E-state index contributed by atoms with van der Waals surface area (Å²) in [6.07, 6.45) is 2.40. The number of fused-ring (bicyclic) bond motifs is 3. The Bertz CT molecular complexity index is 1480. The number of imidazole rings is 1. The molecule has 0 saturated heterocycles. The van der Waals surface area contributed by atoms with Gasteiger partial charge in [0.05, 0.1) is 5.52 Å². The highest BCUT2D eigenvalue weighted by atomic mass is 28.3. The molecule has 42 heavy (non-hydrogen) atoms. The molecule has 5 rings (SSSR count). The van der Waals surface area contributed by atoms with Gasteiger partial charge >= 0.3 is 6.09 Å². The van der Waals surface area contributed by atoms with Crippen LogP contribution in [0.2, 0.25) is 51.4 Å². The smallest absolute Gasteiger partial charge is 0.410 e. The molecule has 2 aliphatic rings. The minimum atomic E-state index is -1.31. The first-order chi connectivity index (χ1) is 19.7. The van der Waals surface area contributed by atoms with E-state index in [4.69, 9.17) is 24.3 Å². The number of benzene rings is 1. The molecule has 1 amide bonds. The van der Waals surface area contributed by atoms with E-state index in [0.717, 1.165) is 30.6 Å². The molecule has 0 unspecified atom stereocenters. The highest BCUT2D eigenvalue weighted by molar-refractivity contribution is 6.76. The minimum absolute atomic E-state index is 0.103. The number of hydrogen-bond acceptors (Lipinski definition) is 6. The number of carbonyl (C=O) groups is 1. The third-order valence-corrected chi connectivity index (χ3v) is 12.0. The number of halogens is 1. The normalized spacial score (nSPS) is 20.0. The molecule has 0 spiro atoms. The van der Waals surface area contributed by atoms with Crippen molar-refractivity contribution in [1.29, 1.82) is 0 Å². The Balaban J connectivity index is 1.55. The number of ether oxygens (including phenoxy) is 3. The predicted octanol–water partition coefficient (Wildman–Crippen LogP) is 6.51. The third-order valence-electron chi connectivity index (χ3n) is 8.56. The lowest BCUT2D eigenvalue weighted by Crippen LogP contribution is -2.23. The summed E-state index contributed by atoms with van der Waals surface area (Å²) >= 11 is 0. The van der Waals surface area contributed by atoms with Crippen LogP contribution in [0.3, 0.4) is 0 Å². The number of nitrogens with zero attached hydrogens (tertiary/aromatic N) is 4. The monoisotopic (exact) mass is 615 g/mol. The Morgan fingerprint density at radius 3 is 2.40 bits per heavy atom. The molecule has 1 fully saturated rings. The number of aromatic nitrogens is 4. The molecule has 12 heteroatoms. The molecule has 3 aromatic rings. The molecule has 0 radical (unpaired) electrons. The standard InChI is InChI=1S/C30H46FN5O4Si2/c1-30-16-20(30)13-22-25(17-30)36(19-39-10-12-42(6,7)8)34-26(22)28-33-27-23(31)14-21(40-29(37)32-2)15-24(27)35(28)18-38-9-11-41(3,4)5/h14-15,20H,9-13,16-19H2,1-8H3,(H,32,37)/t20-,30-/m1/s1. The molecule has 2 atom stereocenters. The van der Waals surface area contributed by atoms with E-state index in [9.17, 15) is 4.79 Å². The quantitative estimate of drug-likeness (QED) is 0.185. The van der Waals surface area contributed by atoms with Crippen LogP contribution in [0, 0.1) is 17.2 Å². The lowest BCUT2D eigenvalue weighted by Gasteiger charge is -2.20. The summed E-state index contributed by atoms with van der Waals surface area (Å²) in [5.74, 6) is 0.720. The van der Waals surface area contributed by atoms with E-state index in [1.54, 1.807) is 6.07 Å². The second-order valence-electron chi connectivity index (χ2n) is 14.7. The Morgan fingerprint density at radius 2 is 1.76 bits per heavy atom. The molecule has 2 heterocycles. The second kappa shape index (κ2) is 11.5. The highest BCUT2D eigenvalue weighted by Crippen LogP contribution is 2.60. The average molecular weight is 616 g/mol. The van der Waals surface area contributed by atoms with Gasteiger partial charge in [0.2, 0.25) is 0 Å². The lowest BCUT2D eigenvalue weighted by atomic mass is 9.87. The fraction of sp³-hybridized carbons (Fsp3) is 0.633. The van der Waals surface area contributed by atoms with Crippen LogP contribution < -0.4 is 10.1 Å². The largest absolute Gasteiger partial charge is 0.412 e. The number of rotatable bonds is 12. The van der Waals surface area contributed by atoms with Gasteiger partial charge in [-0.2, -0.15) is 5.10 Å². The van der Waals surface area contributed by atoms with Crippen LogP contribution in [0.1, 0.15) is 24.6 Å². The molecule has 2 aromatic heterocycles. The first-order valence-electron chi connectivity index (χ1n) is 15.0. The SMILES string of the molecule is CNC(=O)Oc1cc(F)c2nc(-c3nn(COCC[Si](C)(C)C)c4c3C[C@@H]3C[C@]3(C)C4)n(COCC[Si](C)(C)C)c2c1. The maximum atomic E-state index is 15.5. The van der Waals surface area contributed by atoms with Crippen molar-refractivity contribution in [3.05, 3.63) is 29.2 Å². The van der Waals surface area contributed by atoms with E-state index >= 15 is 4.39 Å². The van der Waals surface area contributed by atoms with Crippen LogP contribution in [0.25, 0.3) is 22.6 Å². The summed E-state index contributed by atoms with van der Waals surface area (Å²) in [5.41, 5.74) is 4.12. The lowest BCUT2D eigenvalue weighted by molar-refractivity contribution is 0.0756. The molecule has 0 bridgehead atoms. The molecule has 1 saturated carbocycles. The van der Waals surface area contributed by atoms with Gasteiger partial charge in [0, 0.05) is 59.8 Å². The van der Waals surface area contributed by atoms with E-state index in [2.05, 4.69) is 51.5 Å². The molecule has 230 valence electrons. The van der Waals surface area contributed by atoms with Crippen LogP contribution in [-0.4, -0.2) is 61.8 Å². The summed E-state index contributed by atoms with van der Waals surface area (Å²) in [6.45, 7) is 18.2. The van der Waals surface area contributed by atoms with Crippen molar-refractivity contribution in [1.82, 2.24) is 24.6 Å². The zero-order valence-corrected chi connectivity index (χ0v) is 28.4. The zero-order valence-electron chi connectivity index (χ0n) is 26.4. The summed E-state index contributed by atoms with van der Waals surface area (Å²) in [6, 6.07) is 4.94. The van der Waals surface area contributed by atoms with Gasteiger partial charge in [-0.1, -0.05) is 46.2 Å². The van der Waals surface area contributed by atoms with Crippen molar-refractivity contribution in [2.24, 2.45) is 11.3 Å². The van der Waals surface area contributed by atoms with E-state index in [1.165, 1.54) is 30.8 Å². The molecule has 2 aliphatic carbocycles. The average Bonchev–Trinajstić information content (AvgIpc) is 3.24. The molecule has 1 N–H and O–H groups in total. The van der Waals surface area contributed by atoms with Gasteiger partial charge in [-0.3, -0.25) is 4.57 Å². The van der Waals surface area contributed by atoms with E-state index in [1.807, 2.05) is 9.25 Å². The Morgan fingerprint density at radius 1 is 1.10 bits per heavy atom. The van der Waals surface area contributed by atoms with Gasteiger partial charge in [-0.05, 0) is 42.7 Å². The van der Waals surface area contributed by atoms with Gasteiger partial charge in [0.15, 0.2) is 11.6 Å². The van der Waals surface area contributed by atoms with E-state index in [-0.39, 0.29) is 18.0 Å². The maximum absolute atomic E-state index is 15.5. The number of carbonyl (C=O) groups excluding carboxylic acids is 1. The van der Waals surface area contributed by atoms with E-state index < -0.39 is 28.1 Å². The first kappa shape index (κ1) is 30.9. The fourth-order valence-electron chi connectivity index (χ4n) is 5.65. The van der Waals surface area contributed by atoms with Crippen LogP contribution >= 0.6 is 0 Å². The Hall–Kier alpha value is -2.55. The molecule has 0 aliphatic heterocycles. The predicted molar refractivity (Wildman–Crippen MR) is 168 cm³/mol. The molecule has 1 aromatic carbocycles. The summed E-state index contributed by atoms with van der Waals surface area (Å²) in [4.78, 5) is 16.7. The van der Waals surface area contributed by atoms with Gasteiger partial charge in [-0.25, -0.2) is 18.9 Å². The summed E-state index contributed by atoms with van der Waals surface area (Å²) < 4.78 is 36.9. The van der Waals surface area contributed by atoms with Crippen molar-refractivity contribution in [2.75, 3.05) is 20.3 Å². The molecular weight excluding hydrogens is 570 g/mol. The van der Waals surface area contributed by atoms with Gasteiger partial charge in [-0.15, -0.1) is 0 Å². The van der Waals surface area contributed by atoms with Crippen molar-refractivity contribution in [3.63, 3.8) is 0 Å². The van der Waals surface area contributed by atoms with Crippen LogP contribution in [0.4, 0.5) is 9.18 Å². The third kappa shape index (κ3) is 6.82. The summed E-state index contributed by atoms with van der Waals surface area (Å²) in [5, 5.41) is 7.48. The summed E-state index contributed by atoms with van der Waals surface area (Å²) in [7, 11) is -1.06. The zero-order chi connectivity index (χ0) is 30.4. The van der Waals surface area contributed by atoms with Crippen molar-refractivity contribution in [2.45, 2.75) is 91.0 Å². The van der Waals surface area contributed by atoms with Crippen molar-refractivity contribution >= 4 is 33.3 Å². The second-order valence-corrected chi connectivity index (χ2v) is 25.9. The topological polar surface area (TPSA) is 92.4 Å². The van der Waals surface area contributed by atoms with Crippen molar-refractivity contribution < 1.29 is 23.4 Å². The Labute approximate surface area is 250 Å². The van der Waals surface area contributed by atoms with E-state index in [0.29, 0.717) is 42.6 Å². The number of nitrogens with one attached hydrogen (secondary N) is 1. The van der Waals surface area contributed by atoms with Crippen LogP contribution in [-0.2, 0) is 35.8 Å². The molecular formula is C30H46FN5O4Si2. The Kier molecular flexibility index (Phi) is 8.47. The maximum Gasteiger partial charge on any atom is 0.412 e. The number of hydrogen-bond donors (Lipinski definition) is 1. The van der Waals surface area contributed by atoms with Crippen LogP contribution in [0.5, 0.6) is 5.75 Å². The fourth-order valence-corrected chi connectivity index (χ4v) is 7.16. The number of amides is 1.